The summed E-state index contributed by atoms with van der Waals surface area (Å²) in [5.41, 5.74) is 2.08. The average molecular weight is 550 g/mol. The number of imide groups is 2. The lowest BCUT2D eigenvalue weighted by Crippen LogP contribution is -2.54. The van der Waals surface area contributed by atoms with Crippen molar-refractivity contribution in [3.8, 4) is 5.75 Å². The van der Waals surface area contributed by atoms with Crippen LogP contribution in [0.15, 0.2) is 60.2 Å². The fraction of sp³-hybridized carbons (Fsp3) is 0.0800. The number of carbonyl (C=O) groups is 3. The van der Waals surface area contributed by atoms with Crippen LogP contribution in [0.1, 0.15) is 16.7 Å². The molecule has 0 saturated carbocycles. The maximum Gasteiger partial charge on any atom is 0.335 e. The van der Waals surface area contributed by atoms with E-state index in [4.69, 9.17) is 51.1 Å². The van der Waals surface area contributed by atoms with Gasteiger partial charge in [0, 0.05) is 15.6 Å². The highest BCUT2D eigenvalue weighted by atomic mass is 35.5. The van der Waals surface area contributed by atoms with E-state index in [1.807, 2.05) is 6.92 Å². The van der Waals surface area contributed by atoms with Gasteiger partial charge >= 0.3 is 6.03 Å². The van der Waals surface area contributed by atoms with Crippen LogP contribution in [0.4, 0.5) is 10.5 Å². The summed E-state index contributed by atoms with van der Waals surface area (Å²) in [6.07, 6.45) is 1.31. The molecule has 0 aliphatic carbocycles. The first-order valence-corrected chi connectivity index (χ1v) is 11.7. The molecule has 0 aromatic heterocycles. The molecule has 4 amide bonds. The minimum atomic E-state index is -0.832. The Balaban J connectivity index is 1.60. The summed E-state index contributed by atoms with van der Waals surface area (Å²) in [6.45, 7) is 1.96. The monoisotopic (exact) mass is 548 g/mol. The Morgan fingerprint density at radius 3 is 2.17 bits per heavy atom. The third-order valence-electron chi connectivity index (χ3n) is 5.11. The highest BCUT2D eigenvalue weighted by Crippen LogP contribution is 2.36. The first kappa shape index (κ1) is 25.1. The minimum absolute atomic E-state index is 0.0877. The molecule has 0 radical (unpaired) electrons. The number of barbiturate groups is 1. The minimum Gasteiger partial charge on any atom is -0.486 e. The molecular formula is C25H16Cl4N2O4. The summed E-state index contributed by atoms with van der Waals surface area (Å²) in [5.74, 6) is -1.39. The van der Waals surface area contributed by atoms with Gasteiger partial charge in [0.1, 0.15) is 12.2 Å². The third-order valence-corrected chi connectivity index (χ3v) is 6.26. The number of hydrogen-bond donors (Lipinski definition) is 1. The van der Waals surface area contributed by atoms with Gasteiger partial charge in [-0.15, -0.1) is 0 Å². The van der Waals surface area contributed by atoms with Crippen LogP contribution in [0, 0.1) is 6.92 Å². The van der Waals surface area contributed by atoms with E-state index < -0.39 is 17.8 Å². The fourth-order valence-electron chi connectivity index (χ4n) is 3.34. The summed E-state index contributed by atoms with van der Waals surface area (Å²) >= 11 is 24.8. The lowest BCUT2D eigenvalue weighted by atomic mass is 10.1. The van der Waals surface area contributed by atoms with Crippen molar-refractivity contribution >= 4 is 76.0 Å². The second kappa shape index (κ2) is 10.3. The lowest BCUT2D eigenvalue weighted by Gasteiger charge is -2.26. The van der Waals surface area contributed by atoms with Gasteiger partial charge in [-0.2, -0.15) is 0 Å². The molecule has 3 aromatic carbocycles. The molecule has 1 heterocycles. The number of nitrogens with zero attached hydrogens (tertiary/aromatic N) is 1. The molecule has 0 unspecified atom stereocenters. The molecular weight excluding hydrogens is 534 g/mol. The van der Waals surface area contributed by atoms with Crippen LogP contribution in [0.5, 0.6) is 5.75 Å². The predicted molar refractivity (Wildman–Crippen MR) is 137 cm³/mol. The standard InChI is InChI=1S/C25H16Cl4N2O4/c1-13-2-6-17(7-3-13)31-24(33)18(23(32)30-25(31)34)8-14-9-20(28)22(21(29)10-14)35-12-15-4-5-16(26)11-19(15)27/h2-11H,12H2,1H3,(H,30,32,34)/b18-8+. The molecule has 1 aliphatic rings. The first-order valence-electron chi connectivity index (χ1n) is 10.2. The number of halogens is 4. The van der Waals surface area contributed by atoms with Gasteiger partial charge in [-0.3, -0.25) is 14.9 Å². The molecule has 35 heavy (non-hydrogen) atoms. The van der Waals surface area contributed by atoms with E-state index in [2.05, 4.69) is 5.32 Å². The molecule has 6 nitrogen and oxygen atoms in total. The number of hydrogen-bond acceptors (Lipinski definition) is 4. The molecule has 178 valence electrons. The Labute approximate surface area is 221 Å². The van der Waals surface area contributed by atoms with E-state index in [1.165, 1.54) is 18.2 Å². The SMILES string of the molecule is Cc1ccc(N2C(=O)NC(=O)/C(=C\c3cc(Cl)c(OCc4ccc(Cl)cc4Cl)c(Cl)c3)C2=O)cc1. The van der Waals surface area contributed by atoms with Gasteiger partial charge in [0.2, 0.25) is 0 Å². The molecule has 3 aromatic rings. The Kier molecular flexibility index (Phi) is 7.38. The smallest absolute Gasteiger partial charge is 0.335 e. The van der Waals surface area contributed by atoms with E-state index in [0.29, 0.717) is 26.9 Å². The zero-order chi connectivity index (χ0) is 25.3. The van der Waals surface area contributed by atoms with E-state index in [-0.39, 0.29) is 28.0 Å². The number of carbonyl (C=O) groups excluding carboxylic acids is 3. The van der Waals surface area contributed by atoms with Crippen molar-refractivity contribution in [2.45, 2.75) is 13.5 Å². The quantitative estimate of drug-likeness (QED) is 0.279. The fourth-order valence-corrected chi connectivity index (χ4v) is 4.42. The van der Waals surface area contributed by atoms with E-state index >= 15 is 0 Å². The van der Waals surface area contributed by atoms with Crippen molar-refractivity contribution in [2.24, 2.45) is 0 Å². The summed E-state index contributed by atoms with van der Waals surface area (Å²) in [4.78, 5) is 38.7. The molecule has 1 saturated heterocycles. The van der Waals surface area contributed by atoms with E-state index in [9.17, 15) is 14.4 Å². The van der Waals surface area contributed by atoms with Gasteiger partial charge in [0.15, 0.2) is 5.75 Å². The number of ether oxygens (including phenoxy) is 1. The summed E-state index contributed by atoms with van der Waals surface area (Å²) < 4.78 is 5.75. The molecule has 0 atom stereocenters. The van der Waals surface area contributed by atoms with E-state index in [0.717, 1.165) is 10.5 Å². The van der Waals surface area contributed by atoms with Gasteiger partial charge in [-0.05, 0) is 55.0 Å². The van der Waals surface area contributed by atoms with Crippen LogP contribution in [0.3, 0.4) is 0 Å². The Morgan fingerprint density at radius 1 is 0.886 bits per heavy atom. The van der Waals surface area contributed by atoms with Gasteiger partial charge in [-0.25, -0.2) is 9.69 Å². The van der Waals surface area contributed by atoms with Crippen molar-refractivity contribution in [3.63, 3.8) is 0 Å². The van der Waals surface area contributed by atoms with Crippen LogP contribution in [-0.4, -0.2) is 17.8 Å². The Hall–Kier alpha value is -3.03. The van der Waals surface area contributed by atoms with Gasteiger partial charge in [-0.1, -0.05) is 70.2 Å². The number of anilines is 1. The molecule has 10 heteroatoms. The molecule has 1 fully saturated rings. The summed E-state index contributed by atoms with van der Waals surface area (Å²) in [6, 6.07) is 13.9. The number of rotatable bonds is 5. The maximum absolute atomic E-state index is 13.1. The van der Waals surface area contributed by atoms with Crippen molar-refractivity contribution in [1.82, 2.24) is 5.32 Å². The zero-order valence-corrected chi connectivity index (χ0v) is 21.1. The Bertz CT molecular complexity index is 1360. The lowest BCUT2D eigenvalue weighted by molar-refractivity contribution is -0.122. The number of nitrogens with one attached hydrogen (secondary N) is 1. The van der Waals surface area contributed by atoms with Crippen molar-refractivity contribution in [2.75, 3.05) is 4.90 Å². The molecule has 4 rings (SSSR count). The van der Waals surface area contributed by atoms with Crippen molar-refractivity contribution in [3.05, 3.63) is 97.0 Å². The van der Waals surface area contributed by atoms with Gasteiger partial charge in [0.25, 0.3) is 11.8 Å². The topological polar surface area (TPSA) is 75.7 Å². The highest BCUT2D eigenvalue weighted by molar-refractivity contribution is 6.40. The summed E-state index contributed by atoms with van der Waals surface area (Å²) in [5, 5.41) is 3.42. The molecule has 0 spiro atoms. The van der Waals surface area contributed by atoms with E-state index in [1.54, 1.807) is 42.5 Å². The Morgan fingerprint density at radius 2 is 1.54 bits per heavy atom. The van der Waals surface area contributed by atoms with Crippen molar-refractivity contribution < 1.29 is 19.1 Å². The number of aryl methyl sites for hydroxylation is 1. The summed E-state index contributed by atoms with van der Waals surface area (Å²) in [7, 11) is 0. The second-order valence-corrected chi connectivity index (χ2v) is 9.29. The predicted octanol–water partition coefficient (Wildman–Crippen LogP) is 6.85. The molecule has 1 N–H and O–H groups in total. The number of amides is 4. The normalized spacial score (nSPS) is 14.9. The average Bonchev–Trinajstić information content (AvgIpc) is 2.78. The number of benzene rings is 3. The van der Waals surface area contributed by atoms with Crippen LogP contribution < -0.4 is 15.0 Å². The molecule has 1 aliphatic heterocycles. The number of urea groups is 1. The largest absolute Gasteiger partial charge is 0.486 e. The van der Waals surface area contributed by atoms with Crippen molar-refractivity contribution in [1.29, 1.82) is 0 Å². The van der Waals surface area contributed by atoms with Gasteiger partial charge in [0.05, 0.1) is 15.7 Å². The maximum atomic E-state index is 13.1. The van der Waals surface area contributed by atoms with Crippen LogP contribution in [0.25, 0.3) is 6.08 Å². The highest BCUT2D eigenvalue weighted by Gasteiger charge is 2.36. The molecule has 0 bridgehead atoms. The zero-order valence-electron chi connectivity index (χ0n) is 18.1. The second-order valence-electron chi connectivity index (χ2n) is 7.63. The van der Waals surface area contributed by atoms with Crippen LogP contribution in [-0.2, 0) is 16.2 Å². The van der Waals surface area contributed by atoms with Crippen LogP contribution in [0.2, 0.25) is 20.1 Å². The van der Waals surface area contributed by atoms with Crippen LogP contribution >= 0.6 is 46.4 Å². The first-order chi connectivity index (χ1) is 16.6. The van der Waals surface area contributed by atoms with Gasteiger partial charge < -0.3 is 4.74 Å². The third kappa shape index (κ3) is 5.46.